The lowest BCUT2D eigenvalue weighted by Crippen LogP contribution is -2.17. The highest BCUT2D eigenvalue weighted by atomic mass is 32.2. The predicted molar refractivity (Wildman–Crippen MR) is 65.8 cm³/mol. The highest BCUT2D eigenvalue weighted by Crippen LogP contribution is 2.05. The Labute approximate surface area is 99.6 Å². The monoisotopic (exact) mass is 254 g/mol. The molecule has 0 atom stereocenters. The number of fused-ring (bicyclic) bond motifs is 1. The van der Waals surface area contributed by atoms with Crippen LogP contribution in [0.3, 0.4) is 0 Å². The van der Waals surface area contributed by atoms with Crippen LogP contribution >= 0.6 is 0 Å². The number of hydrogen-bond donors (Lipinski definition) is 1. The number of nitrogens with zero attached hydrogens (tertiary/aromatic N) is 3. The lowest BCUT2D eigenvalue weighted by molar-refractivity contribution is 0.597. The third-order valence-corrected chi connectivity index (χ3v) is 4.12. The second kappa shape index (κ2) is 4.70. The summed E-state index contributed by atoms with van der Waals surface area (Å²) in [7, 11) is -2.93. The molecule has 6 nitrogen and oxygen atoms in total. The van der Waals surface area contributed by atoms with Crippen LogP contribution in [0.25, 0.3) is 5.65 Å². The average Bonchev–Trinajstić information content (AvgIpc) is 2.76. The van der Waals surface area contributed by atoms with Crippen molar-refractivity contribution in [1.29, 1.82) is 0 Å². The Balaban J connectivity index is 1.99. The molecule has 0 unspecified atom stereocenters. The van der Waals surface area contributed by atoms with E-state index in [1.54, 1.807) is 36.0 Å². The first-order chi connectivity index (χ1) is 8.11. The van der Waals surface area contributed by atoms with E-state index in [0.29, 0.717) is 12.4 Å². The van der Waals surface area contributed by atoms with E-state index in [9.17, 15) is 8.42 Å². The van der Waals surface area contributed by atoms with Gasteiger partial charge in [-0.1, -0.05) is 6.92 Å². The van der Waals surface area contributed by atoms with E-state index in [4.69, 9.17) is 0 Å². The van der Waals surface area contributed by atoms with Crippen molar-refractivity contribution in [1.82, 2.24) is 14.6 Å². The molecule has 2 heterocycles. The van der Waals surface area contributed by atoms with Gasteiger partial charge in [-0.3, -0.25) is 0 Å². The first-order valence-corrected chi connectivity index (χ1v) is 7.17. The zero-order valence-corrected chi connectivity index (χ0v) is 10.3. The van der Waals surface area contributed by atoms with Gasteiger partial charge >= 0.3 is 0 Å². The van der Waals surface area contributed by atoms with Gasteiger partial charge in [-0.05, 0) is 6.07 Å². The molecule has 0 saturated carbocycles. The van der Waals surface area contributed by atoms with E-state index < -0.39 is 9.84 Å². The highest BCUT2D eigenvalue weighted by molar-refractivity contribution is 7.91. The summed E-state index contributed by atoms with van der Waals surface area (Å²) >= 11 is 0. The van der Waals surface area contributed by atoms with E-state index in [2.05, 4.69) is 15.4 Å². The molecule has 0 radical (unpaired) electrons. The Kier molecular flexibility index (Phi) is 3.28. The fourth-order valence-electron chi connectivity index (χ4n) is 1.39. The molecule has 7 heteroatoms. The van der Waals surface area contributed by atoms with Crippen molar-refractivity contribution in [3.05, 3.63) is 24.5 Å². The SMILES string of the molecule is CCS(=O)(=O)CCNc1ccn2nccc2n1. The first kappa shape index (κ1) is 11.8. The van der Waals surface area contributed by atoms with E-state index in [-0.39, 0.29) is 11.5 Å². The number of aromatic nitrogens is 3. The molecule has 0 spiro atoms. The van der Waals surface area contributed by atoms with Gasteiger partial charge in [0.1, 0.15) is 5.82 Å². The van der Waals surface area contributed by atoms with Gasteiger partial charge in [0, 0.05) is 24.6 Å². The van der Waals surface area contributed by atoms with Crippen LogP contribution in [-0.2, 0) is 9.84 Å². The zero-order chi connectivity index (χ0) is 12.3. The fraction of sp³-hybridized carbons (Fsp3) is 0.400. The minimum absolute atomic E-state index is 0.121. The molecule has 0 fully saturated rings. The second-order valence-electron chi connectivity index (χ2n) is 3.61. The third kappa shape index (κ3) is 2.94. The highest BCUT2D eigenvalue weighted by Gasteiger charge is 2.06. The normalized spacial score (nSPS) is 11.8. The first-order valence-electron chi connectivity index (χ1n) is 5.35. The zero-order valence-electron chi connectivity index (χ0n) is 9.50. The number of rotatable bonds is 5. The summed E-state index contributed by atoms with van der Waals surface area (Å²) in [4.78, 5) is 4.28. The molecule has 17 heavy (non-hydrogen) atoms. The van der Waals surface area contributed by atoms with Crippen LogP contribution < -0.4 is 5.32 Å². The summed E-state index contributed by atoms with van der Waals surface area (Å²) in [6.07, 6.45) is 3.44. The Bertz CT molecular complexity index is 606. The smallest absolute Gasteiger partial charge is 0.157 e. The summed E-state index contributed by atoms with van der Waals surface area (Å²) in [5.41, 5.74) is 0.730. The molecule has 2 aromatic rings. The molecule has 1 N–H and O–H groups in total. The Hall–Kier alpha value is -1.63. The molecule has 92 valence electrons. The van der Waals surface area contributed by atoms with E-state index >= 15 is 0 Å². The maximum Gasteiger partial charge on any atom is 0.157 e. The Morgan fingerprint density at radius 2 is 2.24 bits per heavy atom. The predicted octanol–water partition coefficient (Wildman–Crippen LogP) is 0.576. The van der Waals surface area contributed by atoms with Crippen LogP contribution in [0.15, 0.2) is 24.5 Å². The van der Waals surface area contributed by atoms with E-state index in [1.807, 2.05) is 0 Å². The molecule has 0 saturated heterocycles. The second-order valence-corrected chi connectivity index (χ2v) is 6.08. The molecule has 0 amide bonds. The molecule has 0 bridgehead atoms. The van der Waals surface area contributed by atoms with Crippen molar-refractivity contribution in [2.24, 2.45) is 0 Å². The Morgan fingerprint density at radius 3 is 3.00 bits per heavy atom. The number of sulfone groups is 1. The quantitative estimate of drug-likeness (QED) is 0.844. The van der Waals surface area contributed by atoms with Gasteiger partial charge in [0.25, 0.3) is 0 Å². The standard InChI is InChI=1S/C10H14N4O2S/c1-2-17(15,16)8-6-11-9-4-7-14-10(13-9)3-5-12-14/h3-5,7H,2,6,8H2,1H3,(H,11,13). The van der Waals surface area contributed by atoms with Gasteiger partial charge in [-0.2, -0.15) is 5.10 Å². The van der Waals surface area contributed by atoms with Gasteiger partial charge < -0.3 is 5.32 Å². The summed E-state index contributed by atoms with van der Waals surface area (Å²) in [6.45, 7) is 2.01. The van der Waals surface area contributed by atoms with Gasteiger partial charge in [0.2, 0.25) is 0 Å². The maximum absolute atomic E-state index is 11.3. The topological polar surface area (TPSA) is 76.4 Å². The summed E-state index contributed by atoms with van der Waals surface area (Å²) in [5, 5.41) is 7.01. The molecule has 0 aliphatic rings. The molecular formula is C10H14N4O2S. The molecule has 0 aromatic carbocycles. The van der Waals surface area contributed by atoms with Crippen molar-refractivity contribution in [3.8, 4) is 0 Å². The van der Waals surface area contributed by atoms with Crippen LogP contribution in [0, 0.1) is 0 Å². The fourth-order valence-corrected chi connectivity index (χ4v) is 2.09. The lowest BCUT2D eigenvalue weighted by atomic mass is 10.5. The summed E-state index contributed by atoms with van der Waals surface area (Å²) in [6, 6.07) is 3.55. The van der Waals surface area contributed by atoms with Gasteiger partial charge in [0.05, 0.1) is 11.9 Å². The maximum atomic E-state index is 11.3. The summed E-state index contributed by atoms with van der Waals surface area (Å²) < 4.78 is 24.2. The van der Waals surface area contributed by atoms with E-state index in [1.165, 1.54) is 0 Å². The van der Waals surface area contributed by atoms with Crippen LogP contribution in [-0.4, -0.2) is 41.1 Å². The molecular weight excluding hydrogens is 240 g/mol. The number of nitrogens with one attached hydrogen (secondary N) is 1. The summed E-state index contributed by atoms with van der Waals surface area (Å²) in [5.74, 6) is 0.948. The van der Waals surface area contributed by atoms with Crippen molar-refractivity contribution < 1.29 is 8.42 Å². The van der Waals surface area contributed by atoms with Crippen molar-refractivity contribution >= 4 is 21.3 Å². The lowest BCUT2D eigenvalue weighted by Gasteiger charge is -2.05. The van der Waals surface area contributed by atoms with E-state index in [0.717, 1.165) is 5.65 Å². The molecule has 0 aliphatic heterocycles. The number of hydrogen-bond acceptors (Lipinski definition) is 5. The van der Waals surface area contributed by atoms with Crippen LogP contribution in [0.1, 0.15) is 6.92 Å². The van der Waals surface area contributed by atoms with Gasteiger partial charge in [-0.15, -0.1) is 0 Å². The van der Waals surface area contributed by atoms with Crippen LogP contribution in [0.5, 0.6) is 0 Å². The minimum atomic E-state index is -2.93. The molecule has 2 rings (SSSR count). The van der Waals surface area contributed by atoms with Crippen LogP contribution in [0.4, 0.5) is 5.82 Å². The third-order valence-electron chi connectivity index (χ3n) is 2.42. The Morgan fingerprint density at radius 1 is 1.41 bits per heavy atom. The number of anilines is 1. The van der Waals surface area contributed by atoms with Gasteiger partial charge in [0.15, 0.2) is 15.5 Å². The van der Waals surface area contributed by atoms with Crippen LogP contribution in [0.2, 0.25) is 0 Å². The largest absolute Gasteiger partial charge is 0.369 e. The average molecular weight is 254 g/mol. The minimum Gasteiger partial charge on any atom is -0.369 e. The van der Waals surface area contributed by atoms with Crippen molar-refractivity contribution in [3.63, 3.8) is 0 Å². The van der Waals surface area contributed by atoms with Crippen molar-refractivity contribution in [2.75, 3.05) is 23.4 Å². The molecule has 2 aromatic heterocycles. The van der Waals surface area contributed by atoms with Crippen molar-refractivity contribution in [2.45, 2.75) is 6.92 Å². The van der Waals surface area contributed by atoms with Gasteiger partial charge in [-0.25, -0.2) is 17.9 Å². The molecule has 0 aliphatic carbocycles.